The van der Waals surface area contributed by atoms with Gasteiger partial charge < -0.3 is 15.4 Å². The summed E-state index contributed by atoms with van der Waals surface area (Å²) in [6.45, 7) is 9.99. The molecule has 4 nitrogen and oxygen atoms in total. The van der Waals surface area contributed by atoms with Crippen LogP contribution in [0.5, 0.6) is 0 Å². The highest BCUT2D eigenvalue weighted by Crippen LogP contribution is 2.23. The lowest BCUT2D eigenvalue weighted by Gasteiger charge is -2.28. The number of halogens is 1. The van der Waals surface area contributed by atoms with E-state index in [9.17, 15) is 0 Å². The molecule has 0 unspecified atom stereocenters. The highest BCUT2D eigenvalue weighted by Gasteiger charge is 2.18. The molecule has 1 fully saturated rings. The van der Waals surface area contributed by atoms with E-state index in [1.807, 2.05) is 6.92 Å². The summed E-state index contributed by atoms with van der Waals surface area (Å²) in [7, 11) is 0. The van der Waals surface area contributed by atoms with E-state index in [4.69, 9.17) is 4.74 Å². The molecule has 0 spiro atoms. The van der Waals surface area contributed by atoms with Gasteiger partial charge in [-0.25, -0.2) is 0 Å². The number of unbranched alkanes of at least 4 members (excludes halogenated alkanes) is 1. The largest absolute Gasteiger partial charge is 0.382 e. The molecule has 0 aromatic heterocycles. The van der Waals surface area contributed by atoms with Gasteiger partial charge in [0.1, 0.15) is 0 Å². The summed E-state index contributed by atoms with van der Waals surface area (Å²) >= 11 is 0. The van der Waals surface area contributed by atoms with Crippen LogP contribution in [-0.2, 0) is 4.74 Å². The highest BCUT2D eigenvalue weighted by molar-refractivity contribution is 14.0. The topological polar surface area (TPSA) is 45.7 Å². The summed E-state index contributed by atoms with van der Waals surface area (Å²) in [5.74, 6) is 1.88. The van der Waals surface area contributed by atoms with E-state index in [1.54, 1.807) is 0 Å². The predicted octanol–water partition coefficient (Wildman–Crippen LogP) is 3.55. The molecule has 21 heavy (non-hydrogen) atoms. The summed E-state index contributed by atoms with van der Waals surface area (Å²) in [5.41, 5.74) is 0. The number of aliphatic imine (C=N–C) groups is 1. The third kappa shape index (κ3) is 10.3. The molecule has 0 aromatic rings. The van der Waals surface area contributed by atoms with E-state index in [-0.39, 0.29) is 24.0 Å². The maximum absolute atomic E-state index is 5.34. The van der Waals surface area contributed by atoms with E-state index in [2.05, 4.69) is 29.5 Å². The molecule has 1 aliphatic rings. The van der Waals surface area contributed by atoms with Gasteiger partial charge in [0.05, 0.1) is 0 Å². The summed E-state index contributed by atoms with van der Waals surface area (Å²) in [5, 5.41) is 6.94. The molecule has 0 bridgehead atoms. The second-order valence-corrected chi connectivity index (χ2v) is 5.77. The molecule has 126 valence electrons. The van der Waals surface area contributed by atoms with Crippen LogP contribution in [-0.4, -0.2) is 38.3 Å². The second kappa shape index (κ2) is 13.6. The first-order chi connectivity index (χ1) is 9.76. The molecule has 1 rings (SSSR count). The van der Waals surface area contributed by atoms with Gasteiger partial charge in [-0.15, -0.1) is 24.0 Å². The number of nitrogens with zero attached hydrogens (tertiary/aromatic N) is 1. The standard InChI is InChI=1S/C16H33N3O.HI/c1-4-17-16(18-12-6-7-13-20-5-2)19-15-10-8-14(3)9-11-15;/h14-15H,4-13H2,1-3H3,(H2,17,18,19);1H. The maximum Gasteiger partial charge on any atom is 0.191 e. The third-order valence-electron chi connectivity index (χ3n) is 3.87. The zero-order chi connectivity index (χ0) is 14.6. The number of rotatable bonds is 8. The van der Waals surface area contributed by atoms with Crippen molar-refractivity contribution in [2.75, 3.05) is 26.3 Å². The van der Waals surface area contributed by atoms with Crippen LogP contribution in [0.4, 0.5) is 0 Å². The lowest BCUT2D eigenvalue weighted by molar-refractivity contribution is 0.144. The number of nitrogens with one attached hydrogen (secondary N) is 2. The van der Waals surface area contributed by atoms with Gasteiger partial charge in [0.15, 0.2) is 5.96 Å². The molecule has 0 aliphatic heterocycles. The molecule has 1 saturated carbocycles. The van der Waals surface area contributed by atoms with E-state index in [1.165, 1.54) is 25.7 Å². The van der Waals surface area contributed by atoms with Crippen molar-refractivity contribution >= 4 is 29.9 Å². The number of hydrogen-bond acceptors (Lipinski definition) is 2. The fraction of sp³-hybridized carbons (Fsp3) is 0.938. The Hall–Kier alpha value is -0.0400. The minimum atomic E-state index is 0. The van der Waals surface area contributed by atoms with Crippen LogP contribution < -0.4 is 10.6 Å². The fourth-order valence-corrected chi connectivity index (χ4v) is 2.57. The van der Waals surface area contributed by atoms with E-state index in [0.717, 1.165) is 51.0 Å². The van der Waals surface area contributed by atoms with Crippen molar-refractivity contribution in [1.82, 2.24) is 10.6 Å². The summed E-state index contributed by atoms with van der Waals surface area (Å²) in [4.78, 5) is 4.66. The van der Waals surface area contributed by atoms with Gasteiger partial charge in [0, 0.05) is 32.3 Å². The molecule has 0 saturated heterocycles. The highest BCUT2D eigenvalue weighted by atomic mass is 127. The second-order valence-electron chi connectivity index (χ2n) is 5.77. The Morgan fingerprint density at radius 3 is 2.48 bits per heavy atom. The van der Waals surface area contributed by atoms with Crippen molar-refractivity contribution in [3.05, 3.63) is 0 Å². The van der Waals surface area contributed by atoms with Gasteiger partial charge in [0.25, 0.3) is 0 Å². The van der Waals surface area contributed by atoms with E-state index < -0.39 is 0 Å². The van der Waals surface area contributed by atoms with Gasteiger partial charge in [-0.3, -0.25) is 4.99 Å². The first kappa shape index (κ1) is 21.0. The number of guanidine groups is 1. The first-order valence-corrected chi connectivity index (χ1v) is 8.38. The summed E-state index contributed by atoms with van der Waals surface area (Å²) in [6.07, 6.45) is 7.42. The molecule has 0 atom stereocenters. The smallest absolute Gasteiger partial charge is 0.191 e. The summed E-state index contributed by atoms with van der Waals surface area (Å²) < 4.78 is 5.34. The summed E-state index contributed by atoms with van der Waals surface area (Å²) in [6, 6.07) is 0.604. The minimum absolute atomic E-state index is 0. The van der Waals surface area contributed by atoms with Gasteiger partial charge in [-0.1, -0.05) is 6.92 Å². The fourth-order valence-electron chi connectivity index (χ4n) is 2.57. The third-order valence-corrected chi connectivity index (χ3v) is 3.87. The molecule has 5 heteroatoms. The van der Waals surface area contributed by atoms with Gasteiger partial charge in [-0.2, -0.15) is 0 Å². The van der Waals surface area contributed by atoms with Gasteiger partial charge in [-0.05, 0) is 58.3 Å². The van der Waals surface area contributed by atoms with E-state index >= 15 is 0 Å². The minimum Gasteiger partial charge on any atom is -0.382 e. The van der Waals surface area contributed by atoms with Crippen molar-refractivity contribution in [2.45, 2.75) is 65.3 Å². The Labute approximate surface area is 147 Å². The predicted molar refractivity (Wildman–Crippen MR) is 102 cm³/mol. The van der Waals surface area contributed by atoms with Crippen LogP contribution in [0.15, 0.2) is 4.99 Å². The Bertz CT molecular complexity index is 266. The SMILES string of the molecule is CCNC(=NCCCCOCC)NC1CCC(C)CC1.I. The lowest BCUT2D eigenvalue weighted by Crippen LogP contribution is -2.44. The van der Waals surface area contributed by atoms with Crippen molar-refractivity contribution in [3.63, 3.8) is 0 Å². The Morgan fingerprint density at radius 1 is 1.14 bits per heavy atom. The van der Waals surface area contributed by atoms with Crippen LogP contribution in [0.2, 0.25) is 0 Å². The average Bonchev–Trinajstić information content (AvgIpc) is 2.45. The zero-order valence-electron chi connectivity index (χ0n) is 14.0. The zero-order valence-corrected chi connectivity index (χ0v) is 16.3. The molecular formula is C16H34IN3O. The van der Waals surface area contributed by atoms with Gasteiger partial charge in [0.2, 0.25) is 0 Å². The molecule has 0 heterocycles. The Morgan fingerprint density at radius 2 is 1.86 bits per heavy atom. The van der Waals surface area contributed by atoms with Gasteiger partial charge >= 0.3 is 0 Å². The molecule has 2 N–H and O–H groups in total. The van der Waals surface area contributed by atoms with Crippen molar-refractivity contribution in [3.8, 4) is 0 Å². The molecule has 1 aliphatic carbocycles. The molecule has 0 radical (unpaired) electrons. The molecular weight excluding hydrogens is 377 g/mol. The van der Waals surface area contributed by atoms with Crippen LogP contribution in [0.3, 0.4) is 0 Å². The quantitative estimate of drug-likeness (QED) is 0.278. The molecule has 0 aromatic carbocycles. The van der Waals surface area contributed by atoms with E-state index in [0.29, 0.717) is 6.04 Å². The molecule has 0 amide bonds. The monoisotopic (exact) mass is 411 g/mol. The lowest BCUT2D eigenvalue weighted by atomic mass is 9.87. The van der Waals surface area contributed by atoms with Crippen LogP contribution in [0.1, 0.15) is 59.3 Å². The van der Waals surface area contributed by atoms with Crippen LogP contribution in [0.25, 0.3) is 0 Å². The number of hydrogen-bond donors (Lipinski definition) is 2. The normalized spacial score (nSPS) is 22.5. The Kier molecular flexibility index (Phi) is 13.6. The van der Waals surface area contributed by atoms with Crippen molar-refractivity contribution in [1.29, 1.82) is 0 Å². The Balaban J connectivity index is 0.00000400. The number of ether oxygens (including phenoxy) is 1. The maximum atomic E-state index is 5.34. The van der Waals surface area contributed by atoms with Crippen molar-refractivity contribution < 1.29 is 4.74 Å². The first-order valence-electron chi connectivity index (χ1n) is 8.38. The average molecular weight is 411 g/mol. The van der Waals surface area contributed by atoms with Crippen LogP contribution in [0, 0.1) is 5.92 Å². The van der Waals surface area contributed by atoms with Crippen molar-refractivity contribution in [2.24, 2.45) is 10.9 Å². The van der Waals surface area contributed by atoms with Crippen LogP contribution >= 0.6 is 24.0 Å².